The Balaban J connectivity index is 1.54. The highest BCUT2D eigenvalue weighted by atomic mass is 16.6. The molecule has 2 aromatic carbocycles. The van der Waals surface area contributed by atoms with E-state index in [1.807, 2.05) is 56.3 Å². The van der Waals surface area contributed by atoms with Gasteiger partial charge in [-0.25, -0.2) is 0 Å². The summed E-state index contributed by atoms with van der Waals surface area (Å²) in [5.41, 5.74) is 1.28. The molecule has 1 amide bonds. The number of nitrogens with one attached hydrogen (secondary N) is 1. The molecule has 3 atom stereocenters. The standard InChI is InChI=1S/C20H23NO3/c1-14(12-13-16-8-4-3-5-9-16)21-20(22)19-15(2)23-17-10-6-7-11-18(17)24-19/h3-11,14-15,19H,12-13H2,1-2H3,(H,21,22). The second kappa shape index (κ2) is 7.39. The van der Waals surface area contributed by atoms with Crippen LogP contribution in [0.25, 0.3) is 0 Å². The Labute approximate surface area is 142 Å². The van der Waals surface area contributed by atoms with Crippen molar-refractivity contribution in [3.8, 4) is 11.5 Å². The lowest BCUT2D eigenvalue weighted by Crippen LogP contribution is -2.51. The summed E-state index contributed by atoms with van der Waals surface area (Å²) in [6.07, 6.45) is 0.872. The third kappa shape index (κ3) is 3.88. The molecule has 0 spiro atoms. The first-order valence-electron chi connectivity index (χ1n) is 8.40. The lowest BCUT2D eigenvalue weighted by atomic mass is 10.1. The topological polar surface area (TPSA) is 47.6 Å². The van der Waals surface area contributed by atoms with E-state index in [4.69, 9.17) is 9.47 Å². The van der Waals surface area contributed by atoms with E-state index in [9.17, 15) is 4.79 Å². The van der Waals surface area contributed by atoms with Gasteiger partial charge in [-0.1, -0.05) is 42.5 Å². The predicted molar refractivity (Wildman–Crippen MR) is 93.3 cm³/mol. The smallest absolute Gasteiger partial charge is 0.265 e. The summed E-state index contributed by atoms with van der Waals surface area (Å²) in [6, 6.07) is 17.8. The zero-order valence-corrected chi connectivity index (χ0v) is 14.1. The van der Waals surface area contributed by atoms with E-state index in [0.29, 0.717) is 11.5 Å². The molecule has 24 heavy (non-hydrogen) atoms. The van der Waals surface area contributed by atoms with Crippen molar-refractivity contribution in [2.45, 2.75) is 44.9 Å². The second-order valence-electron chi connectivity index (χ2n) is 6.24. The predicted octanol–water partition coefficient (Wildman–Crippen LogP) is 3.35. The highest BCUT2D eigenvalue weighted by Crippen LogP contribution is 2.33. The van der Waals surface area contributed by atoms with Gasteiger partial charge in [0.05, 0.1) is 0 Å². The molecule has 1 aliphatic rings. The van der Waals surface area contributed by atoms with Crippen LogP contribution in [-0.4, -0.2) is 24.2 Å². The third-order valence-electron chi connectivity index (χ3n) is 4.20. The Hall–Kier alpha value is -2.49. The summed E-state index contributed by atoms with van der Waals surface area (Å²) < 4.78 is 11.6. The minimum absolute atomic E-state index is 0.0747. The fraction of sp³-hybridized carbons (Fsp3) is 0.350. The van der Waals surface area contributed by atoms with Crippen LogP contribution in [0, 0.1) is 0 Å². The molecule has 3 unspecified atom stereocenters. The van der Waals surface area contributed by atoms with E-state index in [-0.39, 0.29) is 18.1 Å². The van der Waals surface area contributed by atoms with Crippen LogP contribution >= 0.6 is 0 Å². The average molecular weight is 325 g/mol. The summed E-state index contributed by atoms with van der Waals surface area (Å²) in [6.45, 7) is 3.87. The van der Waals surface area contributed by atoms with Crippen molar-refractivity contribution in [1.82, 2.24) is 5.32 Å². The van der Waals surface area contributed by atoms with Crippen molar-refractivity contribution in [3.05, 3.63) is 60.2 Å². The molecule has 1 N–H and O–H groups in total. The molecule has 126 valence electrons. The van der Waals surface area contributed by atoms with Gasteiger partial charge in [-0.05, 0) is 44.4 Å². The molecule has 4 nitrogen and oxygen atoms in total. The first kappa shape index (κ1) is 16.4. The highest BCUT2D eigenvalue weighted by molar-refractivity contribution is 5.82. The minimum Gasteiger partial charge on any atom is -0.482 e. The van der Waals surface area contributed by atoms with E-state index in [0.717, 1.165) is 12.8 Å². The fourth-order valence-corrected chi connectivity index (χ4v) is 2.83. The van der Waals surface area contributed by atoms with Crippen molar-refractivity contribution < 1.29 is 14.3 Å². The average Bonchev–Trinajstić information content (AvgIpc) is 2.60. The van der Waals surface area contributed by atoms with Gasteiger partial charge < -0.3 is 14.8 Å². The zero-order chi connectivity index (χ0) is 16.9. The lowest BCUT2D eigenvalue weighted by Gasteiger charge is -2.31. The van der Waals surface area contributed by atoms with Crippen LogP contribution in [0.4, 0.5) is 0 Å². The number of carbonyl (C=O) groups excluding carboxylic acids is 1. The Bertz CT molecular complexity index is 686. The summed E-state index contributed by atoms with van der Waals surface area (Å²) in [4.78, 5) is 12.5. The summed E-state index contributed by atoms with van der Waals surface area (Å²) >= 11 is 0. The molecule has 3 rings (SSSR count). The number of rotatable bonds is 5. The largest absolute Gasteiger partial charge is 0.482 e. The van der Waals surface area contributed by atoms with Gasteiger partial charge in [-0.2, -0.15) is 0 Å². The maximum atomic E-state index is 12.5. The van der Waals surface area contributed by atoms with E-state index in [2.05, 4.69) is 17.4 Å². The Kier molecular flexibility index (Phi) is 5.04. The number of ether oxygens (including phenoxy) is 2. The van der Waals surface area contributed by atoms with Crippen molar-refractivity contribution in [1.29, 1.82) is 0 Å². The van der Waals surface area contributed by atoms with Crippen LogP contribution in [0.15, 0.2) is 54.6 Å². The highest BCUT2D eigenvalue weighted by Gasteiger charge is 2.34. The number of para-hydroxylation sites is 2. The van der Waals surface area contributed by atoms with Crippen LogP contribution in [0.2, 0.25) is 0 Å². The number of hydrogen-bond acceptors (Lipinski definition) is 3. The summed E-state index contributed by atoms with van der Waals surface area (Å²) in [5, 5.41) is 3.04. The molecule has 2 aromatic rings. The molecule has 4 heteroatoms. The maximum Gasteiger partial charge on any atom is 0.265 e. The van der Waals surface area contributed by atoms with E-state index >= 15 is 0 Å². The van der Waals surface area contributed by atoms with E-state index in [1.54, 1.807) is 0 Å². The quantitative estimate of drug-likeness (QED) is 0.917. The van der Waals surface area contributed by atoms with Gasteiger partial charge in [0.1, 0.15) is 6.10 Å². The van der Waals surface area contributed by atoms with Crippen molar-refractivity contribution in [2.75, 3.05) is 0 Å². The van der Waals surface area contributed by atoms with Gasteiger partial charge in [-0.15, -0.1) is 0 Å². The zero-order valence-electron chi connectivity index (χ0n) is 14.1. The molecule has 1 heterocycles. The van der Waals surface area contributed by atoms with Gasteiger partial charge in [0, 0.05) is 6.04 Å². The number of fused-ring (bicyclic) bond motifs is 1. The van der Waals surface area contributed by atoms with Gasteiger partial charge in [-0.3, -0.25) is 4.79 Å². The van der Waals surface area contributed by atoms with E-state index < -0.39 is 6.10 Å². The SMILES string of the molecule is CC(CCc1ccccc1)NC(=O)C1Oc2ccccc2OC1C. The molecule has 0 fully saturated rings. The van der Waals surface area contributed by atoms with Crippen molar-refractivity contribution >= 4 is 5.91 Å². The van der Waals surface area contributed by atoms with Crippen molar-refractivity contribution in [2.24, 2.45) is 0 Å². The first-order valence-corrected chi connectivity index (χ1v) is 8.40. The van der Waals surface area contributed by atoms with Gasteiger partial charge >= 0.3 is 0 Å². The van der Waals surface area contributed by atoms with Crippen LogP contribution in [-0.2, 0) is 11.2 Å². The maximum absolute atomic E-state index is 12.5. The molecule has 0 bridgehead atoms. The Morgan fingerprint density at radius 2 is 1.67 bits per heavy atom. The molecule has 1 aliphatic heterocycles. The fourth-order valence-electron chi connectivity index (χ4n) is 2.83. The number of hydrogen-bond donors (Lipinski definition) is 1. The number of aryl methyl sites for hydroxylation is 1. The summed E-state index contributed by atoms with van der Waals surface area (Å²) in [5.74, 6) is 1.18. The Morgan fingerprint density at radius 3 is 2.38 bits per heavy atom. The van der Waals surface area contributed by atoms with Crippen LogP contribution in [0.3, 0.4) is 0 Å². The molecular formula is C20H23NO3. The minimum atomic E-state index is -0.626. The monoisotopic (exact) mass is 325 g/mol. The number of benzene rings is 2. The van der Waals surface area contributed by atoms with Crippen LogP contribution in [0.5, 0.6) is 11.5 Å². The van der Waals surface area contributed by atoms with Crippen LogP contribution < -0.4 is 14.8 Å². The van der Waals surface area contributed by atoms with Crippen molar-refractivity contribution in [3.63, 3.8) is 0 Å². The lowest BCUT2D eigenvalue weighted by molar-refractivity contribution is -0.134. The van der Waals surface area contributed by atoms with Gasteiger partial charge in [0.2, 0.25) is 6.10 Å². The molecule has 0 aliphatic carbocycles. The second-order valence-corrected chi connectivity index (χ2v) is 6.24. The first-order chi connectivity index (χ1) is 11.6. The van der Waals surface area contributed by atoms with E-state index in [1.165, 1.54) is 5.56 Å². The molecule has 0 aromatic heterocycles. The normalized spacial score (nSPS) is 20.2. The molecule has 0 radical (unpaired) electrons. The number of carbonyl (C=O) groups is 1. The third-order valence-corrected chi connectivity index (χ3v) is 4.20. The summed E-state index contributed by atoms with van der Waals surface area (Å²) in [7, 11) is 0. The Morgan fingerprint density at radius 1 is 1.04 bits per heavy atom. The number of amides is 1. The molecule has 0 saturated carbocycles. The van der Waals surface area contributed by atoms with Gasteiger partial charge in [0.15, 0.2) is 11.5 Å². The molecule has 0 saturated heterocycles. The van der Waals surface area contributed by atoms with Gasteiger partial charge in [0.25, 0.3) is 5.91 Å². The molecular weight excluding hydrogens is 302 g/mol. The van der Waals surface area contributed by atoms with Crippen LogP contribution in [0.1, 0.15) is 25.8 Å².